The molecule has 0 spiro atoms. The zero-order valence-electron chi connectivity index (χ0n) is 37.9. The highest BCUT2D eigenvalue weighted by Crippen LogP contribution is 2.25. The Hall–Kier alpha value is -8.00. The van der Waals surface area contributed by atoms with Crippen LogP contribution in [0.15, 0.2) is 150 Å². The molecular formula is C52H60N10O4. The molecule has 0 fully saturated rings. The highest BCUT2D eigenvalue weighted by atomic mass is 16.5. The minimum atomic E-state index is -0.405. The maximum Gasteiger partial charge on any atom is 0.257 e. The third-order valence-corrected chi connectivity index (χ3v) is 9.23. The van der Waals surface area contributed by atoms with Crippen LogP contribution >= 0.6 is 0 Å². The number of nitrogens with zero attached hydrogens (tertiary/aromatic N) is 4. The number of ether oxygens (including phenoxy) is 1. The average molecular weight is 889 g/mol. The largest absolute Gasteiger partial charge is 0.508 e. The first-order valence-corrected chi connectivity index (χ1v) is 21.1. The molecule has 5 aromatic carbocycles. The Morgan fingerprint density at radius 1 is 0.591 bits per heavy atom. The van der Waals surface area contributed by atoms with Crippen molar-refractivity contribution in [2.24, 2.45) is 9.98 Å². The minimum absolute atomic E-state index is 0. The smallest absolute Gasteiger partial charge is 0.257 e. The number of amides is 2. The van der Waals surface area contributed by atoms with Gasteiger partial charge < -0.3 is 20.5 Å². The number of phenolic OH excluding ortho intramolecular Hbond substituents is 1. The lowest BCUT2D eigenvalue weighted by Crippen LogP contribution is -2.38. The van der Waals surface area contributed by atoms with Crippen LogP contribution in [0.2, 0.25) is 0 Å². The van der Waals surface area contributed by atoms with Gasteiger partial charge in [0, 0.05) is 23.3 Å². The van der Waals surface area contributed by atoms with Crippen LogP contribution in [0, 0.1) is 13.8 Å². The van der Waals surface area contributed by atoms with E-state index >= 15 is 0 Å². The molecule has 14 heteroatoms. The summed E-state index contributed by atoms with van der Waals surface area (Å²) < 4.78 is 5.87. The van der Waals surface area contributed by atoms with E-state index < -0.39 is 11.1 Å². The number of aryl methyl sites for hydroxylation is 2. The summed E-state index contributed by atoms with van der Waals surface area (Å²) in [5, 5.41) is 35.9. The van der Waals surface area contributed by atoms with Crippen LogP contribution in [0.5, 0.6) is 11.5 Å². The second kappa shape index (κ2) is 22.1. The number of carbonyl (C=O) groups excluding carboxylic acids is 2. The Morgan fingerprint density at radius 3 is 1.41 bits per heavy atom. The highest BCUT2D eigenvalue weighted by molar-refractivity contribution is 6.10. The van der Waals surface area contributed by atoms with Gasteiger partial charge in [0.25, 0.3) is 11.8 Å². The van der Waals surface area contributed by atoms with Gasteiger partial charge in [0.05, 0.1) is 22.5 Å². The van der Waals surface area contributed by atoms with Crippen LogP contribution in [-0.2, 0) is 6.61 Å². The maximum atomic E-state index is 12.8. The second-order valence-electron chi connectivity index (χ2n) is 17.3. The van der Waals surface area contributed by atoms with Crippen LogP contribution in [0.25, 0.3) is 22.5 Å². The van der Waals surface area contributed by atoms with Crippen LogP contribution in [0.1, 0.15) is 86.4 Å². The van der Waals surface area contributed by atoms with E-state index in [0.717, 1.165) is 45.0 Å². The number of phenols is 1. The van der Waals surface area contributed by atoms with Gasteiger partial charge in [-0.3, -0.25) is 30.4 Å². The van der Waals surface area contributed by atoms with Crippen molar-refractivity contribution in [2.45, 2.75) is 80.5 Å². The van der Waals surface area contributed by atoms with Crippen molar-refractivity contribution in [2.75, 3.05) is 10.6 Å². The summed E-state index contributed by atoms with van der Waals surface area (Å²) in [6, 6.07) is 43.1. The summed E-state index contributed by atoms with van der Waals surface area (Å²) in [6.45, 7) is 16.2. The zero-order valence-corrected chi connectivity index (χ0v) is 37.9. The quantitative estimate of drug-likeness (QED) is 0.0549. The molecule has 2 heterocycles. The zero-order chi connectivity index (χ0) is 46.6. The molecule has 0 aliphatic rings. The topological polar surface area (TPSA) is 194 Å². The van der Waals surface area contributed by atoms with Crippen molar-refractivity contribution in [3.05, 3.63) is 167 Å². The molecule has 0 radical (unpaired) electrons. The van der Waals surface area contributed by atoms with E-state index in [4.69, 9.17) is 4.74 Å². The standard InChI is InChI=1S/C29H31N5O2.C22H25N5O2.CH4/c1-20-10-12-23(13-11-20)27(35)31-28(32-29(2,3)4)30-26-18-25(33-34-26)22-14-16-24(17-15-22)36-19-21-8-6-5-7-9-21;1-14-5-7-16(8-6-14)20(29)24-21(25-22(2,3)4)23-19-13-18(26-27-19)15-9-11-17(28)12-10-15;/h5-18H,19H2,1-4H3,(H3,30,31,32,33,34,35);5-13,28H,1-4H3,(H3,23,24,25,26,27,29);1H4. The second-order valence-corrected chi connectivity index (χ2v) is 17.3. The summed E-state index contributed by atoms with van der Waals surface area (Å²) in [5.74, 6) is 2.19. The molecule has 7 N–H and O–H groups in total. The Bertz CT molecular complexity index is 2710. The Labute approximate surface area is 387 Å². The number of H-pyrrole nitrogens is 2. The molecule has 7 rings (SSSR count). The van der Waals surface area contributed by atoms with Gasteiger partial charge in [0.1, 0.15) is 18.1 Å². The predicted octanol–water partition coefficient (Wildman–Crippen LogP) is 10.7. The first kappa shape index (κ1) is 49.0. The van der Waals surface area contributed by atoms with Crippen molar-refractivity contribution < 1.29 is 19.4 Å². The van der Waals surface area contributed by atoms with Crippen molar-refractivity contribution >= 4 is 35.4 Å². The van der Waals surface area contributed by atoms with Gasteiger partial charge in [-0.2, -0.15) is 10.2 Å². The van der Waals surface area contributed by atoms with Crippen molar-refractivity contribution in [3.8, 4) is 34.0 Å². The lowest BCUT2D eigenvalue weighted by molar-refractivity contribution is 0.0968. The van der Waals surface area contributed by atoms with E-state index in [2.05, 4.69) is 51.6 Å². The fourth-order valence-corrected chi connectivity index (χ4v) is 6.04. The van der Waals surface area contributed by atoms with Crippen molar-refractivity contribution in [1.82, 2.24) is 31.0 Å². The average Bonchev–Trinajstić information content (AvgIpc) is 3.93. The van der Waals surface area contributed by atoms with E-state index in [1.165, 1.54) is 0 Å². The molecule has 0 saturated heterocycles. The van der Waals surface area contributed by atoms with Gasteiger partial charge in [0.2, 0.25) is 11.9 Å². The Balaban J connectivity index is 0.000000249. The predicted molar refractivity (Wildman–Crippen MR) is 266 cm³/mol. The number of aromatic hydroxyl groups is 1. The number of aliphatic imine (C=N–C) groups is 2. The first-order valence-electron chi connectivity index (χ1n) is 21.1. The van der Waals surface area contributed by atoms with E-state index in [1.807, 2.05) is 146 Å². The van der Waals surface area contributed by atoms with Gasteiger partial charge >= 0.3 is 0 Å². The number of aromatic nitrogens is 4. The fourth-order valence-electron chi connectivity index (χ4n) is 6.04. The summed E-state index contributed by atoms with van der Waals surface area (Å²) in [7, 11) is 0. The fraction of sp³-hybridized carbons (Fsp3) is 0.231. The number of benzene rings is 5. The molecule has 7 aromatic rings. The molecule has 0 aliphatic carbocycles. The Kier molecular flexibility index (Phi) is 16.4. The van der Waals surface area contributed by atoms with Crippen molar-refractivity contribution in [3.63, 3.8) is 0 Å². The molecule has 0 aliphatic heterocycles. The molecule has 2 aromatic heterocycles. The van der Waals surface area contributed by atoms with Gasteiger partial charge in [-0.25, -0.2) is 9.98 Å². The minimum Gasteiger partial charge on any atom is -0.508 e. The third kappa shape index (κ3) is 15.4. The van der Waals surface area contributed by atoms with E-state index in [9.17, 15) is 14.7 Å². The number of hydrogen-bond donors (Lipinski definition) is 7. The molecule has 0 unspecified atom stereocenters. The normalized spacial score (nSPS) is 11.6. The molecular weight excluding hydrogens is 829 g/mol. The van der Waals surface area contributed by atoms with Crippen LogP contribution in [-0.4, -0.2) is 60.3 Å². The number of aromatic amines is 2. The monoisotopic (exact) mass is 888 g/mol. The molecule has 66 heavy (non-hydrogen) atoms. The van der Waals surface area contributed by atoms with Gasteiger partial charge in [-0.15, -0.1) is 0 Å². The number of rotatable bonds is 9. The van der Waals surface area contributed by atoms with Crippen LogP contribution < -0.4 is 26.0 Å². The number of guanidine groups is 2. The number of anilines is 2. The lowest BCUT2D eigenvalue weighted by atomic mass is 10.1. The van der Waals surface area contributed by atoms with E-state index in [-0.39, 0.29) is 25.0 Å². The number of carbonyl (C=O) groups is 2. The molecule has 14 nitrogen and oxygen atoms in total. The van der Waals surface area contributed by atoms with Gasteiger partial charge in [-0.05, 0) is 145 Å². The molecule has 0 bridgehead atoms. The van der Waals surface area contributed by atoms with Gasteiger partial charge in [-0.1, -0.05) is 73.2 Å². The third-order valence-electron chi connectivity index (χ3n) is 9.23. The summed E-state index contributed by atoms with van der Waals surface area (Å²) in [6.07, 6.45) is 0. The molecule has 2 amide bonds. The van der Waals surface area contributed by atoms with Crippen LogP contribution in [0.3, 0.4) is 0 Å². The van der Waals surface area contributed by atoms with Gasteiger partial charge in [0.15, 0.2) is 11.6 Å². The van der Waals surface area contributed by atoms with E-state index in [1.54, 1.807) is 48.5 Å². The summed E-state index contributed by atoms with van der Waals surface area (Å²) >= 11 is 0. The van der Waals surface area contributed by atoms with Crippen LogP contribution in [0.4, 0.5) is 11.6 Å². The molecule has 342 valence electrons. The summed E-state index contributed by atoms with van der Waals surface area (Å²) in [4.78, 5) is 34.6. The number of nitrogens with one attached hydrogen (secondary N) is 6. The van der Waals surface area contributed by atoms with E-state index in [0.29, 0.717) is 41.3 Å². The maximum absolute atomic E-state index is 12.8. The highest BCUT2D eigenvalue weighted by Gasteiger charge is 2.17. The molecule has 0 saturated carbocycles. The number of hydrogen-bond acceptors (Lipinski definition) is 8. The SMILES string of the molecule is C.Cc1ccc(C(=O)NC(=NC(C)(C)C)Nc2cc(-c3ccc(O)cc3)[nH]n2)cc1.Cc1ccc(C(=O)NC(=NC(C)(C)C)Nc2cc(-c3ccc(OCc4ccccc4)cc3)[nH]n2)cc1. The Morgan fingerprint density at radius 2 is 1.00 bits per heavy atom. The molecule has 0 atom stereocenters. The lowest BCUT2D eigenvalue weighted by Gasteiger charge is -2.17. The van der Waals surface area contributed by atoms with Crippen molar-refractivity contribution in [1.29, 1.82) is 0 Å². The summed E-state index contributed by atoms with van der Waals surface area (Å²) in [5.41, 5.74) is 7.02. The first-order chi connectivity index (χ1) is 30.9.